The minimum absolute atomic E-state index is 0.199. The van der Waals surface area contributed by atoms with E-state index in [1.54, 1.807) is 24.3 Å². The Morgan fingerprint density at radius 2 is 2.19 bits per heavy atom. The molecule has 2 rings (SSSR count). The van der Waals surface area contributed by atoms with Crippen LogP contribution in [-0.4, -0.2) is 17.7 Å². The minimum atomic E-state index is -0.989. The van der Waals surface area contributed by atoms with Gasteiger partial charge < -0.3 is 14.3 Å². The highest BCUT2D eigenvalue weighted by atomic mass is 16.5. The number of aliphatic carboxylic acids is 1. The van der Waals surface area contributed by atoms with Gasteiger partial charge in [0.05, 0.1) is 18.4 Å². The Balaban J connectivity index is 2.35. The highest BCUT2D eigenvalue weighted by Crippen LogP contribution is 2.26. The summed E-state index contributed by atoms with van der Waals surface area (Å²) in [4.78, 5) is 11.5. The zero-order chi connectivity index (χ0) is 15.2. The molecule has 4 heteroatoms. The van der Waals surface area contributed by atoms with E-state index in [-0.39, 0.29) is 5.57 Å². The Morgan fingerprint density at radius 1 is 1.38 bits per heavy atom. The van der Waals surface area contributed by atoms with Crippen LogP contribution in [-0.2, 0) is 4.79 Å². The van der Waals surface area contributed by atoms with Crippen molar-refractivity contribution in [3.63, 3.8) is 0 Å². The number of carboxylic acids is 1. The second kappa shape index (κ2) is 6.79. The summed E-state index contributed by atoms with van der Waals surface area (Å²) in [6, 6.07) is 8.85. The maximum absolute atomic E-state index is 11.5. The lowest BCUT2D eigenvalue weighted by atomic mass is 9.99. The Bertz CT molecular complexity index is 639. The number of carboxylic acid groups (broad SMARTS) is 1. The standard InChI is InChI=1S/C17H18O4/c1-3-8-20-14-6-7-15(12(2)10-14)16(17(18)19)11-13-5-4-9-21-13/h4-7,9-11H,3,8H2,1-2H3,(H,18,19)/b16-11-. The second-order valence-corrected chi connectivity index (χ2v) is 4.70. The fraction of sp³-hybridized carbons (Fsp3) is 0.235. The van der Waals surface area contributed by atoms with Crippen molar-refractivity contribution in [3.8, 4) is 5.75 Å². The van der Waals surface area contributed by atoms with E-state index >= 15 is 0 Å². The molecule has 0 unspecified atom stereocenters. The summed E-state index contributed by atoms with van der Waals surface area (Å²) < 4.78 is 10.7. The van der Waals surface area contributed by atoms with Crippen molar-refractivity contribution < 1.29 is 19.1 Å². The predicted octanol–water partition coefficient (Wildman–Crippen LogP) is 4.00. The number of aryl methyl sites for hydroxylation is 1. The van der Waals surface area contributed by atoms with Crippen molar-refractivity contribution in [3.05, 3.63) is 53.5 Å². The number of furan rings is 1. The lowest BCUT2D eigenvalue weighted by Crippen LogP contribution is -2.02. The van der Waals surface area contributed by atoms with Gasteiger partial charge in [-0.15, -0.1) is 0 Å². The van der Waals surface area contributed by atoms with E-state index in [0.29, 0.717) is 17.9 Å². The Hall–Kier alpha value is -2.49. The van der Waals surface area contributed by atoms with Gasteiger partial charge in [-0.2, -0.15) is 0 Å². The van der Waals surface area contributed by atoms with Gasteiger partial charge in [0.1, 0.15) is 11.5 Å². The molecule has 2 aromatic rings. The van der Waals surface area contributed by atoms with Crippen molar-refractivity contribution in [2.75, 3.05) is 6.61 Å². The van der Waals surface area contributed by atoms with E-state index in [0.717, 1.165) is 17.7 Å². The Morgan fingerprint density at radius 3 is 2.76 bits per heavy atom. The predicted molar refractivity (Wildman–Crippen MR) is 81.2 cm³/mol. The number of ether oxygens (including phenoxy) is 1. The molecule has 4 nitrogen and oxygen atoms in total. The number of hydrogen-bond donors (Lipinski definition) is 1. The zero-order valence-electron chi connectivity index (χ0n) is 12.1. The third-order valence-corrected chi connectivity index (χ3v) is 3.02. The van der Waals surface area contributed by atoms with Crippen molar-refractivity contribution in [1.29, 1.82) is 0 Å². The molecule has 110 valence electrons. The Labute approximate surface area is 123 Å². The molecule has 0 aliphatic heterocycles. The molecule has 0 aliphatic carbocycles. The summed E-state index contributed by atoms with van der Waals surface area (Å²) in [5.74, 6) is 0.274. The lowest BCUT2D eigenvalue weighted by Gasteiger charge is -2.10. The van der Waals surface area contributed by atoms with Gasteiger partial charge >= 0.3 is 5.97 Å². The molecule has 1 N–H and O–H groups in total. The molecular weight excluding hydrogens is 268 g/mol. The van der Waals surface area contributed by atoms with Crippen LogP contribution >= 0.6 is 0 Å². The van der Waals surface area contributed by atoms with Crippen molar-refractivity contribution >= 4 is 17.6 Å². The van der Waals surface area contributed by atoms with Crippen LogP contribution in [0.25, 0.3) is 11.6 Å². The number of benzene rings is 1. The van der Waals surface area contributed by atoms with E-state index in [4.69, 9.17) is 9.15 Å². The van der Waals surface area contributed by atoms with Crippen LogP contribution in [0.5, 0.6) is 5.75 Å². The SMILES string of the molecule is CCCOc1ccc(/C(=C/c2ccco2)C(=O)O)c(C)c1. The van der Waals surface area contributed by atoms with E-state index in [1.807, 2.05) is 19.9 Å². The van der Waals surface area contributed by atoms with Gasteiger partial charge in [0.25, 0.3) is 0 Å². The fourth-order valence-corrected chi connectivity index (χ4v) is 2.02. The van der Waals surface area contributed by atoms with Gasteiger partial charge in [-0.05, 0) is 54.8 Å². The molecule has 0 bridgehead atoms. The molecule has 1 aromatic carbocycles. The van der Waals surface area contributed by atoms with Crippen LogP contribution in [0.3, 0.4) is 0 Å². The Kier molecular flexibility index (Phi) is 4.82. The highest BCUT2D eigenvalue weighted by Gasteiger charge is 2.14. The van der Waals surface area contributed by atoms with Gasteiger partial charge in [-0.1, -0.05) is 13.0 Å². The molecule has 0 atom stereocenters. The quantitative estimate of drug-likeness (QED) is 0.815. The molecule has 1 heterocycles. The third-order valence-electron chi connectivity index (χ3n) is 3.02. The molecular formula is C17H18O4. The number of carbonyl (C=O) groups is 1. The third kappa shape index (κ3) is 3.75. The van der Waals surface area contributed by atoms with Gasteiger partial charge in [-0.25, -0.2) is 4.79 Å². The van der Waals surface area contributed by atoms with E-state index in [9.17, 15) is 9.90 Å². The van der Waals surface area contributed by atoms with Crippen molar-refractivity contribution in [2.24, 2.45) is 0 Å². The first-order valence-electron chi connectivity index (χ1n) is 6.84. The first-order chi connectivity index (χ1) is 10.1. The summed E-state index contributed by atoms with van der Waals surface area (Å²) >= 11 is 0. The average Bonchev–Trinajstić information content (AvgIpc) is 2.96. The van der Waals surface area contributed by atoms with Gasteiger partial charge in [0.15, 0.2) is 0 Å². The molecule has 0 amide bonds. The maximum Gasteiger partial charge on any atom is 0.336 e. The molecule has 0 saturated heterocycles. The lowest BCUT2D eigenvalue weighted by molar-refractivity contribution is -0.130. The summed E-state index contributed by atoms with van der Waals surface area (Å²) in [5.41, 5.74) is 1.70. The van der Waals surface area contributed by atoms with Crippen molar-refractivity contribution in [1.82, 2.24) is 0 Å². The first kappa shape index (κ1) is 14.9. The molecule has 0 fully saturated rings. The van der Waals surface area contributed by atoms with E-state index in [2.05, 4.69) is 0 Å². The van der Waals surface area contributed by atoms with E-state index < -0.39 is 5.97 Å². The van der Waals surface area contributed by atoms with Gasteiger partial charge in [-0.3, -0.25) is 0 Å². The van der Waals surface area contributed by atoms with Crippen molar-refractivity contribution in [2.45, 2.75) is 20.3 Å². The van der Waals surface area contributed by atoms with Crippen LogP contribution in [0.4, 0.5) is 0 Å². The zero-order valence-corrected chi connectivity index (χ0v) is 12.1. The highest BCUT2D eigenvalue weighted by molar-refractivity contribution is 6.20. The van der Waals surface area contributed by atoms with Crippen LogP contribution in [0.15, 0.2) is 41.0 Å². The van der Waals surface area contributed by atoms with Gasteiger partial charge in [0.2, 0.25) is 0 Å². The first-order valence-corrected chi connectivity index (χ1v) is 6.84. The van der Waals surface area contributed by atoms with Crippen LogP contribution in [0.2, 0.25) is 0 Å². The van der Waals surface area contributed by atoms with Crippen LogP contribution < -0.4 is 4.74 Å². The largest absolute Gasteiger partial charge is 0.494 e. The summed E-state index contributed by atoms with van der Waals surface area (Å²) in [6.45, 7) is 4.55. The molecule has 0 aliphatic rings. The minimum Gasteiger partial charge on any atom is -0.494 e. The summed E-state index contributed by atoms with van der Waals surface area (Å²) in [7, 11) is 0. The molecule has 0 radical (unpaired) electrons. The maximum atomic E-state index is 11.5. The summed E-state index contributed by atoms with van der Waals surface area (Å²) in [5, 5.41) is 9.42. The topological polar surface area (TPSA) is 59.7 Å². The van der Waals surface area contributed by atoms with E-state index in [1.165, 1.54) is 12.3 Å². The van der Waals surface area contributed by atoms with Crippen LogP contribution in [0.1, 0.15) is 30.2 Å². The smallest absolute Gasteiger partial charge is 0.336 e. The fourth-order valence-electron chi connectivity index (χ4n) is 2.02. The molecule has 1 aromatic heterocycles. The average molecular weight is 286 g/mol. The number of rotatable bonds is 6. The normalized spacial score (nSPS) is 11.4. The monoisotopic (exact) mass is 286 g/mol. The summed E-state index contributed by atoms with van der Waals surface area (Å²) in [6.07, 6.45) is 3.97. The molecule has 0 spiro atoms. The second-order valence-electron chi connectivity index (χ2n) is 4.70. The van der Waals surface area contributed by atoms with Gasteiger partial charge in [0, 0.05) is 0 Å². The number of hydrogen-bond acceptors (Lipinski definition) is 3. The van der Waals surface area contributed by atoms with Crippen LogP contribution in [0, 0.1) is 6.92 Å². The molecule has 21 heavy (non-hydrogen) atoms. The molecule has 0 saturated carbocycles.